The van der Waals surface area contributed by atoms with Crippen molar-refractivity contribution in [1.29, 1.82) is 0 Å². The van der Waals surface area contributed by atoms with E-state index in [1.807, 2.05) is 13.0 Å². The first-order chi connectivity index (χ1) is 14.8. The third-order valence-corrected chi connectivity index (χ3v) is 7.52. The third kappa shape index (κ3) is 3.26. The minimum Gasteiger partial charge on any atom is -0.324 e. The monoisotopic (exact) mass is 440 g/mol. The zero-order valence-electron chi connectivity index (χ0n) is 17.1. The highest BCUT2D eigenvalue weighted by Crippen LogP contribution is 2.48. The Morgan fingerprint density at radius 1 is 1.19 bits per heavy atom. The molecule has 0 radical (unpaired) electrons. The van der Waals surface area contributed by atoms with Crippen LogP contribution >= 0.6 is 0 Å². The van der Waals surface area contributed by atoms with Gasteiger partial charge in [0.2, 0.25) is 21.9 Å². The van der Waals surface area contributed by atoms with Crippen molar-refractivity contribution in [1.82, 2.24) is 14.5 Å². The number of nitrogens with two attached hydrogens (primary N) is 1. The molecule has 1 aliphatic carbocycles. The molecule has 1 atom stereocenters. The number of anilines is 3. The molecule has 3 aromatic rings. The van der Waals surface area contributed by atoms with Crippen molar-refractivity contribution in [3.8, 4) is 0 Å². The normalized spacial score (nSPS) is 20.5. The number of carbonyl (C=O) groups excluding carboxylic acids is 1. The summed E-state index contributed by atoms with van der Waals surface area (Å²) in [7, 11) is -3.75. The summed E-state index contributed by atoms with van der Waals surface area (Å²) in [5.41, 5.74) is 1.15. The number of primary sulfonamides is 1. The van der Waals surface area contributed by atoms with E-state index >= 15 is 0 Å². The van der Waals surface area contributed by atoms with Crippen LogP contribution in [-0.2, 0) is 20.4 Å². The number of amides is 1. The first-order valence-corrected chi connectivity index (χ1v) is 11.9. The maximum absolute atomic E-state index is 12.7. The van der Waals surface area contributed by atoms with Gasteiger partial charge in [0.15, 0.2) is 0 Å². The Morgan fingerprint density at radius 2 is 1.90 bits per heavy atom. The number of carbonyl (C=O) groups is 1. The van der Waals surface area contributed by atoms with Gasteiger partial charge < -0.3 is 15.2 Å². The van der Waals surface area contributed by atoms with Gasteiger partial charge >= 0.3 is 0 Å². The van der Waals surface area contributed by atoms with Crippen molar-refractivity contribution < 1.29 is 13.2 Å². The van der Waals surface area contributed by atoms with Crippen molar-refractivity contribution in [3.63, 3.8) is 0 Å². The number of fused-ring (bicyclic) bond motifs is 4. The Hall–Kier alpha value is -2.98. The fraction of sp³-hybridized carbons (Fsp3) is 0.381. The summed E-state index contributed by atoms with van der Waals surface area (Å²) >= 11 is 0. The standard InChI is InChI=1S/C21H24N6O3S/c1-13-19(28)25-17-11-14-12-23-20(24-15-5-7-16(8-6-15)31(22,29)30)26-18(14)27(17)21(13)9-3-2-4-10-21/h5-8,11-13H,2-4,9-10H2,1H3,(H,25,28)(H2,22,29,30)(H,23,24,26). The van der Waals surface area contributed by atoms with Crippen molar-refractivity contribution in [2.24, 2.45) is 11.1 Å². The fourth-order valence-corrected chi connectivity index (χ4v) is 5.46. The highest BCUT2D eigenvalue weighted by Gasteiger charge is 2.47. The molecule has 1 aromatic carbocycles. The van der Waals surface area contributed by atoms with E-state index in [9.17, 15) is 13.2 Å². The Labute approximate surface area is 180 Å². The number of aromatic nitrogens is 3. The average molecular weight is 441 g/mol. The van der Waals surface area contributed by atoms with Crippen LogP contribution < -0.4 is 15.8 Å². The number of hydrogen-bond donors (Lipinski definition) is 3. The van der Waals surface area contributed by atoms with Crippen LogP contribution in [0.15, 0.2) is 41.4 Å². The van der Waals surface area contributed by atoms with Crippen LogP contribution in [-0.4, -0.2) is 28.9 Å². The lowest BCUT2D eigenvalue weighted by Gasteiger charge is -2.46. The number of benzene rings is 1. The largest absolute Gasteiger partial charge is 0.324 e. The molecule has 1 fully saturated rings. The molecule has 0 saturated heterocycles. The highest BCUT2D eigenvalue weighted by atomic mass is 32.2. The summed E-state index contributed by atoms with van der Waals surface area (Å²) in [6.45, 7) is 2.00. The molecule has 162 valence electrons. The molecule has 0 bridgehead atoms. The van der Waals surface area contributed by atoms with Gasteiger partial charge in [-0.05, 0) is 43.2 Å². The third-order valence-electron chi connectivity index (χ3n) is 6.60. The van der Waals surface area contributed by atoms with Crippen LogP contribution in [0.25, 0.3) is 11.0 Å². The van der Waals surface area contributed by atoms with Gasteiger partial charge in [0, 0.05) is 17.3 Å². The van der Waals surface area contributed by atoms with Gasteiger partial charge in [-0.25, -0.2) is 18.5 Å². The SMILES string of the molecule is CC1C(=O)Nc2cc3cnc(Nc4ccc(S(N)(=O)=O)cc4)nc3n2C12CCCCC2. The minimum absolute atomic E-state index is 0.0408. The number of sulfonamides is 1. The molecule has 4 N–H and O–H groups in total. The number of nitrogens with zero attached hydrogens (tertiary/aromatic N) is 3. The Balaban J connectivity index is 1.56. The predicted octanol–water partition coefficient (Wildman–Crippen LogP) is 3.07. The van der Waals surface area contributed by atoms with Crippen molar-refractivity contribution >= 4 is 44.4 Å². The molecule has 9 nitrogen and oxygen atoms in total. The summed E-state index contributed by atoms with van der Waals surface area (Å²) < 4.78 is 25.1. The number of nitrogens with one attached hydrogen (secondary N) is 2. The molecular weight excluding hydrogens is 416 g/mol. The maximum atomic E-state index is 12.7. The van der Waals surface area contributed by atoms with Gasteiger partial charge in [0.05, 0.1) is 16.4 Å². The lowest BCUT2D eigenvalue weighted by molar-refractivity contribution is -0.124. The van der Waals surface area contributed by atoms with Gasteiger partial charge in [0.25, 0.3) is 0 Å². The predicted molar refractivity (Wildman–Crippen MR) is 117 cm³/mol. The van der Waals surface area contributed by atoms with E-state index < -0.39 is 10.0 Å². The average Bonchev–Trinajstić information content (AvgIpc) is 3.11. The van der Waals surface area contributed by atoms with Crippen LogP contribution in [0.1, 0.15) is 39.0 Å². The van der Waals surface area contributed by atoms with E-state index in [-0.39, 0.29) is 22.3 Å². The van der Waals surface area contributed by atoms with E-state index in [1.54, 1.807) is 18.3 Å². The van der Waals surface area contributed by atoms with E-state index in [0.717, 1.165) is 42.5 Å². The Kier molecular flexibility index (Phi) is 4.52. The fourth-order valence-electron chi connectivity index (χ4n) is 4.94. The molecule has 3 heterocycles. The zero-order valence-corrected chi connectivity index (χ0v) is 17.9. The lowest BCUT2D eigenvalue weighted by atomic mass is 9.72. The van der Waals surface area contributed by atoms with Gasteiger partial charge in [-0.1, -0.05) is 26.2 Å². The van der Waals surface area contributed by atoms with Crippen LogP contribution in [0.5, 0.6) is 0 Å². The van der Waals surface area contributed by atoms with Crippen molar-refractivity contribution in [3.05, 3.63) is 36.5 Å². The lowest BCUT2D eigenvalue weighted by Crippen LogP contribution is -2.51. The van der Waals surface area contributed by atoms with Crippen LogP contribution in [0.2, 0.25) is 0 Å². The minimum atomic E-state index is -3.75. The molecule has 5 rings (SSSR count). The molecule has 1 spiro atoms. The molecule has 31 heavy (non-hydrogen) atoms. The van der Waals surface area contributed by atoms with Gasteiger partial charge in [-0.2, -0.15) is 4.98 Å². The smallest absolute Gasteiger partial charge is 0.238 e. The second-order valence-corrected chi connectivity index (χ2v) is 9.97. The summed E-state index contributed by atoms with van der Waals surface area (Å²) in [6, 6.07) is 8.03. The molecule has 1 saturated carbocycles. The highest BCUT2D eigenvalue weighted by molar-refractivity contribution is 7.89. The Bertz CT molecular complexity index is 1280. The molecule has 10 heteroatoms. The second kappa shape index (κ2) is 7.03. The van der Waals surface area contributed by atoms with Crippen LogP contribution in [0.4, 0.5) is 17.5 Å². The van der Waals surface area contributed by atoms with E-state index in [2.05, 4.69) is 20.2 Å². The van der Waals surface area contributed by atoms with E-state index in [4.69, 9.17) is 10.1 Å². The maximum Gasteiger partial charge on any atom is 0.238 e. The molecule has 1 amide bonds. The molecular formula is C21H24N6O3S. The van der Waals surface area contributed by atoms with Gasteiger partial charge in [0.1, 0.15) is 11.5 Å². The van der Waals surface area contributed by atoms with Gasteiger partial charge in [-0.15, -0.1) is 0 Å². The van der Waals surface area contributed by atoms with Gasteiger partial charge in [-0.3, -0.25) is 4.79 Å². The second-order valence-electron chi connectivity index (χ2n) is 8.41. The molecule has 2 aromatic heterocycles. The number of rotatable bonds is 3. The topological polar surface area (TPSA) is 132 Å². The summed E-state index contributed by atoms with van der Waals surface area (Å²) in [5.74, 6) is 1.07. The first-order valence-electron chi connectivity index (χ1n) is 10.4. The zero-order chi connectivity index (χ0) is 21.8. The summed E-state index contributed by atoms with van der Waals surface area (Å²) in [4.78, 5) is 21.9. The molecule has 1 unspecified atom stereocenters. The summed E-state index contributed by atoms with van der Waals surface area (Å²) in [6.07, 6.45) is 6.98. The Morgan fingerprint density at radius 3 is 2.58 bits per heavy atom. The van der Waals surface area contributed by atoms with E-state index in [1.165, 1.54) is 18.6 Å². The molecule has 2 aliphatic rings. The van der Waals surface area contributed by atoms with Crippen LogP contribution in [0, 0.1) is 5.92 Å². The van der Waals surface area contributed by atoms with Crippen molar-refractivity contribution in [2.45, 2.75) is 49.5 Å². The number of hydrogen-bond acceptors (Lipinski definition) is 6. The summed E-state index contributed by atoms with van der Waals surface area (Å²) in [5, 5.41) is 12.2. The van der Waals surface area contributed by atoms with E-state index in [0.29, 0.717) is 11.6 Å². The molecule has 1 aliphatic heterocycles. The van der Waals surface area contributed by atoms with Crippen molar-refractivity contribution in [2.75, 3.05) is 10.6 Å². The quantitative estimate of drug-likeness (QED) is 0.573. The van der Waals surface area contributed by atoms with Crippen LogP contribution in [0.3, 0.4) is 0 Å². The first kappa shape index (κ1) is 20.0.